The Kier molecular flexibility index (Phi) is 4.94. The van der Waals surface area contributed by atoms with Gasteiger partial charge in [0, 0.05) is 17.3 Å². The van der Waals surface area contributed by atoms with E-state index in [0.29, 0.717) is 12.1 Å². The Bertz CT molecular complexity index is 573. The average Bonchev–Trinajstić information content (AvgIpc) is 2.92. The molecule has 0 spiro atoms. The van der Waals surface area contributed by atoms with Crippen molar-refractivity contribution in [3.8, 4) is 0 Å². The van der Waals surface area contributed by atoms with Gasteiger partial charge in [-0.1, -0.05) is 25.1 Å². The first kappa shape index (κ1) is 15.0. The summed E-state index contributed by atoms with van der Waals surface area (Å²) in [5.74, 6) is 0.806. The van der Waals surface area contributed by atoms with E-state index in [1.807, 2.05) is 11.3 Å². The maximum absolute atomic E-state index is 5.69. The Morgan fingerprint density at radius 2 is 2.14 bits per heavy atom. The summed E-state index contributed by atoms with van der Waals surface area (Å²) < 4.78 is 7.14. The summed E-state index contributed by atoms with van der Waals surface area (Å²) in [5, 5.41) is 7.27. The number of hydrogen-bond acceptors (Lipinski definition) is 3. The fraction of sp³-hybridized carbons (Fsp3) is 0.556. The van der Waals surface area contributed by atoms with E-state index in [-0.39, 0.29) is 0 Å². The molecule has 1 atom stereocenters. The van der Waals surface area contributed by atoms with Crippen LogP contribution in [0.25, 0.3) is 10.1 Å². The number of rotatable bonds is 7. The van der Waals surface area contributed by atoms with Gasteiger partial charge in [-0.05, 0) is 61.0 Å². The zero-order valence-electron chi connectivity index (χ0n) is 13.0. The molecule has 0 aliphatic heterocycles. The van der Waals surface area contributed by atoms with Gasteiger partial charge in [-0.3, -0.25) is 0 Å². The zero-order chi connectivity index (χ0) is 14.7. The van der Waals surface area contributed by atoms with E-state index < -0.39 is 0 Å². The van der Waals surface area contributed by atoms with Gasteiger partial charge in [0.05, 0.1) is 6.10 Å². The van der Waals surface area contributed by atoms with Gasteiger partial charge in [-0.25, -0.2) is 0 Å². The normalized spacial score (nSPS) is 23.1. The molecule has 3 heteroatoms. The molecule has 1 aliphatic carbocycles. The number of fused-ring (bicyclic) bond motifs is 1. The molecular weight excluding hydrogens is 278 g/mol. The molecule has 2 nitrogen and oxygen atoms in total. The average molecular weight is 303 g/mol. The molecule has 1 heterocycles. The van der Waals surface area contributed by atoms with Crippen LogP contribution < -0.4 is 5.32 Å². The van der Waals surface area contributed by atoms with E-state index in [4.69, 9.17) is 4.74 Å². The van der Waals surface area contributed by atoms with E-state index >= 15 is 0 Å². The predicted molar refractivity (Wildman–Crippen MR) is 91.0 cm³/mol. The topological polar surface area (TPSA) is 21.3 Å². The summed E-state index contributed by atoms with van der Waals surface area (Å²) in [7, 11) is 0. The SMILES string of the molecule is CCNC(CC1CC(OCC)C1)c1cccc2ccsc12. The molecule has 0 saturated heterocycles. The molecule has 21 heavy (non-hydrogen) atoms. The van der Waals surface area contributed by atoms with Gasteiger partial charge in [-0.15, -0.1) is 11.3 Å². The largest absolute Gasteiger partial charge is 0.378 e. The van der Waals surface area contributed by atoms with Gasteiger partial charge >= 0.3 is 0 Å². The molecule has 1 N–H and O–H groups in total. The Morgan fingerprint density at radius 3 is 2.90 bits per heavy atom. The summed E-state index contributed by atoms with van der Waals surface area (Å²) in [6.45, 7) is 6.16. The smallest absolute Gasteiger partial charge is 0.0580 e. The van der Waals surface area contributed by atoms with Crippen LogP contribution in [0.15, 0.2) is 29.6 Å². The number of thiophene rings is 1. The molecule has 1 aromatic heterocycles. The van der Waals surface area contributed by atoms with Crippen LogP contribution in [0.2, 0.25) is 0 Å². The minimum Gasteiger partial charge on any atom is -0.378 e. The van der Waals surface area contributed by atoms with Gasteiger partial charge in [0.25, 0.3) is 0 Å². The third-order valence-electron chi connectivity index (χ3n) is 4.50. The summed E-state index contributed by atoms with van der Waals surface area (Å²) in [5.41, 5.74) is 1.48. The molecule has 2 aromatic rings. The highest BCUT2D eigenvalue weighted by atomic mass is 32.1. The lowest BCUT2D eigenvalue weighted by Gasteiger charge is -2.37. The molecule has 0 radical (unpaired) electrons. The van der Waals surface area contributed by atoms with Crippen LogP contribution in [0, 0.1) is 5.92 Å². The summed E-state index contributed by atoms with van der Waals surface area (Å²) in [4.78, 5) is 0. The fourth-order valence-corrected chi connectivity index (χ4v) is 4.40. The van der Waals surface area contributed by atoms with Gasteiger partial charge < -0.3 is 10.1 Å². The first-order valence-corrected chi connectivity index (χ1v) is 9.00. The van der Waals surface area contributed by atoms with E-state index in [0.717, 1.165) is 19.1 Å². The highest BCUT2D eigenvalue weighted by Crippen LogP contribution is 2.39. The van der Waals surface area contributed by atoms with Crippen LogP contribution in [0.1, 0.15) is 44.7 Å². The summed E-state index contributed by atoms with van der Waals surface area (Å²) >= 11 is 1.86. The molecule has 1 aliphatic rings. The van der Waals surface area contributed by atoms with Crippen LogP contribution in [-0.2, 0) is 4.74 Å². The zero-order valence-corrected chi connectivity index (χ0v) is 13.8. The molecule has 1 aromatic carbocycles. The summed E-state index contributed by atoms with van der Waals surface area (Å²) in [6.07, 6.45) is 4.21. The number of nitrogens with one attached hydrogen (secondary N) is 1. The molecule has 1 fully saturated rings. The second kappa shape index (κ2) is 6.91. The van der Waals surface area contributed by atoms with Crippen molar-refractivity contribution < 1.29 is 4.74 Å². The maximum atomic E-state index is 5.69. The Balaban J connectivity index is 1.71. The lowest BCUT2D eigenvalue weighted by atomic mass is 9.77. The van der Waals surface area contributed by atoms with Gasteiger partial charge in [-0.2, -0.15) is 0 Å². The van der Waals surface area contributed by atoms with E-state index in [9.17, 15) is 0 Å². The Morgan fingerprint density at radius 1 is 1.29 bits per heavy atom. The van der Waals surface area contributed by atoms with Crippen LogP contribution in [0.3, 0.4) is 0 Å². The van der Waals surface area contributed by atoms with Crippen molar-refractivity contribution in [1.82, 2.24) is 5.32 Å². The molecule has 0 bridgehead atoms. The van der Waals surface area contributed by atoms with Gasteiger partial charge in [0.15, 0.2) is 0 Å². The van der Waals surface area contributed by atoms with Crippen molar-refractivity contribution in [1.29, 1.82) is 0 Å². The third-order valence-corrected chi connectivity index (χ3v) is 5.48. The molecular formula is C18H25NOS. The first-order valence-electron chi connectivity index (χ1n) is 8.12. The lowest BCUT2D eigenvalue weighted by molar-refractivity contribution is -0.0290. The minimum atomic E-state index is 0.477. The highest BCUT2D eigenvalue weighted by molar-refractivity contribution is 7.17. The van der Waals surface area contributed by atoms with Crippen molar-refractivity contribution in [2.75, 3.05) is 13.2 Å². The standard InChI is InChI=1S/C18H25NOS/c1-3-19-17(12-13-10-15(11-13)20-4-2)16-7-5-6-14-8-9-21-18(14)16/h5-9,13,15,17,19H,3-4,10-12H2,1-2H3. The van der Waals surface area contributed by atoms with Crippen LogP contribution in [0.4, 0.5) is 0 Å². The quantitative estimate of drug-likeness (QED) is 0.796. The molecule has 3 rings (SSSR count). The van der Waals surface area contributed by atoms with E-state index in [1.54, 1.807) is 0 Å². The molecule has 1 saturated carbocycles. The molecule has 1 unspecified atom stereocenters. The van der Waals surface area contributed by atoms with Gasteiger partial charge in [0.1, 0.15) is 0 Å². The van der Waals surface area contributed by atoms with Crippen molar-refractivity contribution in [3.05, 3.63) is 35.2 Å². The Hall–Kier alpha value is -0.900. The maximum Gasteiger partial charge on any atom is 0.0580 e. The van der Waals surface area contributed by atoms with Crippen molar-refractivity contribution in [3.63, 3.8) is 0 Å². The predicted octanol–water partition coefficient (Wildman–Crippen LogP) is 4.76. The van der Waals surface area contributed by atoms with Crippen molar-refractivity contribution >= 4 is 21.4 Å². The third kappa shape index (κ3) is 3.31. The van der Waals surface area contributed by atoms with Crippen molar-refractivity contribution in [2.45, 2.75) is 45.3 Å². The number of hydrogen-bond donors (Lipinski definition) is 1. The highest BCUT2D eigenvalue weighted by Gasteiger charge is 2.32. The first-order chi connectivity index (χ1) is 10.3. The summed E-state index contributed by atoms with van der Waals surface area (Å²) in [6, 6.07) is 9.40. The second-order valence-corrected chi connectivity index (χ2v) is 6.86. The molecule has 0 amide bonds. The lowest BCUT2D eigenvalue weighted by Crippen LogP contribution is -2.34. The molecule has 114 valence electrons. The van der Waals surface area contributed by atoms with Crippen LogP contribution in [-0.4, -0.2) is 19.3 Å². The number of benzene rings is 1. The monoisotopic (exact) mass is 303 g/mol. The number of ether oxygens (including phenoxy) is 1. The van der Waals surface area contributed by atoms with Crippen molar-refractivity contribution in [2.24, 2.45) is 5.92 Å². The fourth-order valence-electron chi connectivity index (χ4n) is 3.43. The van der Waals surface area contributed by atoms with E-state index in [1.165, 1.54) is 34.9 Å². The Labute approximate surface area is 131 Å². The minimum absolute atomic E-state index is 0.477. The van der Waals surface area contributed by atoms with E-state index in [2.05, 4.69) is 48.8 Å². The van der Waals surface area contributed by atoms with Crippen LogP contribution >= 0.6 is 11.3 Å². The van der Waals surface area contributed by atoms with Crippen LogP contribution in [0.5, 0.6) is 0 Å². The second-order valence-electron chi connectivity index (χ2n) is 5.95. The van der Waals surface area contributed by atoms with Gasteiger partial charge in [0.2, 0.25) is 0 Å².